The minimum Gasteiger partial charge on any atom is -0.314 e. The highest BCUT2D eigenvalue weighted by molar-refractivity contribution is 5.77. The Hall–Kier alpha value is -1.52. The number of hydrogen-bond acceptors (Lipinski definition) is 4. The van der Waals surface area contributed by atoms with Crippen molar-refractivity contribution in [2.75, 3.05) is 13.1 Å². The van der Waals surface area contributed by atoms with Gasteiger partial charge in [-0.3, -0.25) is 9.97 Å². The van der Waals surface area contributed by atoms with E-state index in [-0.39, 0.29) is 0 Å². The number of nitrogens with one attached hydrogen (secondary N) is 2. The highest BCUT2D eigenvalue weighted by Gasteiger charge is 2.01. The summed E-state index contributed by atoms with van der Waals surface area (Å²) in [5.41, 5.74) is 3.17. The summed E-state index contributed by atoms with van der Waals surface area (Å²) >= 11 is 0. The van der Waals surface area contributed by atoms with E-state index >= 15 is 0 Å². The number of aromatic nitrogens is 2. The molecule has 102 valence electrons. The minimum atomic E-state index is 0.563. The molecule has 0 spiro atoms. The molecule has 4 heteroatoms. The van der Waals surface area contributed by atoms with E-state index in [1.165, 1.54) is 5.56 Å². The van der Waals surface area contributed by atoms with Gasteiger partial charge in [-0.05, 0) is 31.1 Å². The maximum atomic E-state index is 4.40. The number of nitrogens with zero attached hydrogens (tertiary/aromatic N) is 2. The van der Waals surface area contributed by atoms with E-state index in [9.17, 15) is 0 Å². The van der Waals surface area contributed by atoms with Gasteiger partial charge in [-0.25, -0.2) is 0 Å². The van der Waals surface area contributed by atoms with Gasteiger partial charge in [-0.15, -0.1) is 0 Å². The second kappa shape index (κ2) is 7.16. The van der Waals surface area contributed by atoms with Crippen molar-refractivity contribution in [1.82, 2.24) is 20.6 Å². The van der Waals surface area contributed by atoms with E-state index in [1.807, 2.05) is 12.1 Å². The van der Waals surface area contributed by atoms with E-state index < -0.39 is 0 Å². The smallest absolute Gasteiger partial charge is 0.0931 e. The standard InChI is InChI=1S/C15H22N4/c1-12(2)17-8-4-7-16-11-13-5-3-6-14-15(13)19-10-9-18-14/h3,5-6,9-10,12,16-17H,4,7-8,11H2,1-2H3. The van der Waals surface area contributed by atoms with Crippen molar-refractivity contribution in [3.8, 4) is 0 Å². The van der Waals surface area contributed by atoms with Gasteiger partial charge in [0.2, 0.25) is 0 Å². The first kappa shape index (κ1) is 13.9. The third-order valence-electron chi connectivity index (χ3n) is 2.98. The van der Waals surface area contributed by atoms with Crippen molar-refractivity contribution in [1.29, 1.82) is 0 Å². The molecular weight excluding hydrogens is 236 g/mol. The lowest BCUT2D eigenvalue weighted by atomic mass is 10.1. The highest BCUT2D eigenvalue weighted by Crippen LogP contribution is 2.13. The number of para-hydroxylation sites is 1. The first-order chi connectivity index (χ1) is 9.27. The van der Waals surface area contributed by atoms with Gasteiger partial charge >= 0.3 is 0 Å². The third-order valence-corrected chi connectivity index (χ3v) is 2.98. The van der Waals surface area contributed by atoms with Crippen LogP contribution in [0.1, 0.15) is 25.8 Å². The van der Waals surface area contributed by atoms with Crippen molar-refractivity contribution in [2.24, 2.45) is 0 Å². The third kappa shape index (κ3) is 4.26. The molecule has 0 amide bonds. The van der Waals surface area contributed by atoms with Crippen LogP contribution in [0.3, 0.4) is 0 Å². The lowest BCUT2D eigenvalue weighted by molar-refractivity contribution is 0.548. The monoisotopic (exact) mass is 258 g/mol. The Labute approximate surface area is 114 Å². The van der Waals surface area contributed by atoms with Crippen LogP contribution in [0, 0.1) is 0 Å². The molecule has 2 N–H and O–H groups in total. The number of fused-ring (bicyclic) bond motifs is 1. The molecule has 4 nitrogen and oxygen atoms in total. The Morgan fingerprint density at radius 1 is 1.11 bits per heavy atom. The van der Waals surface area contributed by atoms with Crippen LogP contribution in [0.2, 0.25) is 0 Å². The molecule has 0 atom stereocenters. The maximum absolute atomic E-state index is 4.40. The molecule has 0 radical (unpaired) electrons. The van der Waals surface area contributed by atoms with Crippen LogP contribution >= 0.6 is 0 Å². The fraction of sp³-hybridized carbons (Fsp3) is 0.467. The van der Waals surface area contributed by atoms with Crippen LogP contribution in [0.5, 0.6) is 0 Å². The van der Waals surface area contributed by atoms with Crippen LogP contribution in [0.25, 0.3) is 11.0 Å². The summed E-state index contributed by atoms with van der Waals surface area (Å²) in [5, 5.41) is 6.87. The number of rotatable bonds is 7. The molecule has 0 saturated heterocycles. The van der Waals surface area contributed by atoms with Crippen LogP contribution in [-0.2, 0) is 6.54 Å². The molecule has 19 heavy (non-hydrogen) atoms. The summed E-state index contributed by atoms with van der Waals surface area (Å²) in [4.78, 5) is 8.72. The second-order valence-electron chi connectivity index (χ2n) is 4.98. The van der Waals surface area contributed by atoms with Crippen molar-refractivity contribution in [3.63, 3.8) is 0 Å². The van der Waals surface area contributed by atoms with Gasteiger partial charge in [0.1, 0.15) is 0 Å². The van der Waals surface area contributed by atoms with E-state index in [0.717, 1.165) is 37.1 Å². The van der Waals surface area contributed by atoms with Gasteiger partial charge in [-0.1, -0.05) is 26.0 Å². The lowest BCUT2D eigenvalue weighted by Gasteiger charge is -2.09. The quantitative estimate of drug-likeness (QED) is 0.747. The van der Waals surface area contributed by atoms with Gasteiger partial charge in [0.25, 0.3) is 0 Å². The molecule has 0 aliphatic heterocycles. The Morgan fingerprint density at radius 2 is 1.95 bits per heavy atom. The molecule has 0 saturated carbocycles. The maximum Gasteiger partial charge on any atom is 0.0931 e. The summed E-state index contributed by atoms with van der Waals surface area (Å²) in [6.07, 6.45) is 4.62. The van der Waals surface area contributed by atoms with E-state index in [1.54, 1.807) is 12.4 Å². The summed E-state index contributed by atoms with van der Waals surface area (Å²) in [6, 6.07) is 6.71. The summed E-state index contributed by atoms with van der Waals surface area (Å²) in [6.45, 7) is 7.25. The molecule has 0 bridgehead atoms. The normalized spacial score (nSPS) is 11.3. The van der Waals surface area contributed by atoms with Gasteiger partial charge in [0, 0.05) is 25.0 Å². The Kier molecular flexibility index (Phi) is 5.24. The Balaban J connectivity index is 1.82. The topological polar surface area (TPSA) is 49.8 Å². The Morgan fingerprint density at radius 3 is 2.79 bits per heavy atom. The fourth-order valence-corrected chi connectivity index (χ4v) is 2.02. The largest absolute Gasteiger partial charge is 0.314 e. The molecule has 0 aliphatic rings. The van der Waals surface area contributed by atoms with E-state index in [0.29, 0.717) is 6.04 Å². The molecule has 0 aliphatic carbocycles. The van der Waals surface area contributed by atoms with Gasteiger partial charge in [0.15, 0.2) is 0 Å². The molecule has 1 aromatic carbocycles. The van der Waals surface area contributed by atoms with Crippen LogP contribution in [0.15, 0.2) is 30.6 Å². The van der Waals surface area contributed by atoms with E-state index in [2.05, 4.69) is 40.5 Å². The van der Waals surface area contributed by atoms with E-state index in [4.69, 9.17) is 0 Å². The second-order valence-corrected chi connectivity index (χ2v) is 4.98. The zero-order chi connectivity index (χ0) is 13.5. The first-order valence-corrected chi connectivity index (χ1v) is 6.90. The van der Waals surface area contributed by atoms with Crippen molar-refractivity contribution < 1.29 is 0 Å². The first-order valence-electron chi connectivity index (χ1n) is 6.90. The summed E-state index contributed by atoms with van der Waals surface area (Å²) < 4.78 is 0. The van der Waals surface area contributed by atoms with Crippen LogP contribution < -0.4 is 10.6 Å². The Bertz CT molecular complexity index is 505. The molecule has 0 fully saturated rings. The van der Waals surface area contributed by atoms with Gasteiger partial charge < -0.3 is 10.6 Å². The molecule has 2 rings (SSSR count). The van der Waals surface area contributed by atoms with Gasteiger partial charge in [-0.2, -0.15) is 0 Å². The molecule has 0 unspecified atom stereocenters. The molecular formula is C15H22N4. The van der Waals surface area contributed by atoms with Crippen LogP contribution in [0.4, 0.5) is 0 Å². The molecule has 1 heterocycles. The van der Waals surface area contributed by atoms with Crippen molar-refractivity contribution >= 4 is 11.0 Å². The number of benzene rings is 1. The highest BCUT2D eigenvalue weighted by atomic mass is 14.9. The summed E-state index contributed by atoms with van der Waals surface area (Å²) in [5.74, 6) is 0. The van der Waals surface area contributed by atoms with Crippen molar-refractivity contribution in [2.45, 2.75) is 32.9 Å². The zero-order valence-corrected chi connectivity index (χ0v) is 11.7. The lowest BCUT2D eigenvalue weighted by Crippen LogP contribution is -2.26. The van der Waals surface area contributed by atoms with Gasteiger partial charge in [0.05, 0.1) is 11.0 Å². The average Bonchev–Trinajstić information content (AvgIpc) is 2.42. The minimum absolute atomic E-state index is 0.563. The average molecular weight is 258 g/mol. The predicted octanol–water partition coefficient (Wildman–Crippen LogP) is 2.11. The van der Waals surface area contributed by atoms with Crippen LogP contribution in [-0.4, -0.2) is 29.1 Å². The molecule has 2 aromatic rings. The van der Waals surface area contributed by atoms with Crippen molar-refractivity contribution in [3.05, 3.63) is 36.2 Å². The summed E-state index contributed by atoms with van der Waals surface area (Å²) in [7, 11) is 0. The number of hydrogen-bond donors (Lipinski definition) is 2. The predicted molar refractivity (Wildman–Crippen MR) is 79.0 cm³/mol. The molecule has 1 aromatic heterocycles. The zero-order valence-electron chi connectivity index (χ0n) is 11.7. The fourth-order valence-electron chi connectivity index (χ4n) is 2.02. The SMILES string of the molecule is CC(C)NCCCNCc1cccc2nccnc12.